The van der Waals surface area contributed by atoms with E-state index in [1.165, 1.54) is 18.1 Å². The molecule has 0 aromatic heterocycles. The monoisotopic (exact) mass is 212 g/mol. The number of carbonyl (C=O) groups excluding carboxylic acids is 1. The molecule has 1 unspecified atom stereocenters. The highest BCUT2D eigenvalue weighted by Crippen LogP contribution is 2.19. The molecule has 2 heterocycles. The number of ketones is 1. The molecule has 2 radical (unpaired) electrons. The molecule has 2 fully saturated rings. The van der Waals surface area contributed by atoms with E-state index in [0.717, 1.165) is 19.6 Å². The molecule has 1 atom stereocenters. The van der Waals surface area contributed by atoms with Crippen molar-refractivity contribution in [2.24, 2.45) is 0 Å². The largest absolute Gasteiger partial charge is 0.298 e. The normalized spacial score (nSPS) is 29.9. The van der Waals surface area contributed by atoms with E-state index in [1.54, 1.807) is 0 Å². The molecule has 0 aromatic carbocycles. The van der Waals surface area contributed by atoms with E-state index in [-0.39, 0.29) is 5.78 Å². The Labute approximate surface area is 89.8 Å². The lowest BCUT2D eigenvalue weighted by molar-refractivity contribution is -0.116. The summed E-state index contributed by atoms with van der Waals surface area (Å²) in [6, 6.07) is 0.641. The van der Waals surface area contributed by atoms with Gasteiger partial charge in [-0.3, -0.25) is 14.6 Å². The van der Waals surface area contributed by atoms with Crippen LogP contribution in [0.3, 0.4) is 0 Å². The maximum atomic E-state index is 10.8. The molecule has 0 N–H and O–H groups in total. The second-order valence-electron chi connectivity index (χ2n) is 3.97. The number of Topliss-reactive ketones (excluding diaryl/α,β-unsaturated/α-hetero) is 1. The minimum Gasteiger partial charge on any atom is -0.298 e. The lowest BCUT2D eigenvalue weighted by atomic mass is 10.2. The molecule has 14 heavy (non-hydrogen) atoms. The first-order chi connectivity index (χ1) is 6.75. The van der Waals surface area contributed by atoms with Crippen LogP contribution in [-0.2, 0) is 4.79 Å². The molecule has 2 rings (SSSR count). The molecule has 3 nitrogen and oxygen atoms in total. The number of carbonyl (C=O) groups is 1. The van der Waals surface area contributed by atoms with Crippen molar-refractivity contribution >= 4 is 17.5 Å². The second-order valence-corrected chi connectivity index (χ2v) is 5.12. The number of thioether (sulfide) groups is 1. The highest BCUT2D eigenvalue weighted by Gasteiger charge is 2.29. The summed E-state index contributed by atoms with van der Waals surface area (Å²) in [5.41, 5.74) is 0. The van der Waals surface area contributed by atoms with E-state index >= 15 is 0 Å². The first-order valence-electron chi connectivity index (χ1n) is 5.08. The lowest BCUT2D eigenvalue weighted by Gasteiger charge is -2.43. The van der Waals surface area contributed by atoms with Gasteiger partial charge >= 0.3 is 0 Å². The van der Waals surface area contributed by atoms with Crippen molar-refractivity contribution in [1.29, 1.82) is 0 Å². The van der Waals surface area contributed by atoms with E-state index in [2.05, 4.69) is 9.80 Å². The standard InChI is InChI=1S/C10H16N2OS/c1-9(13)6-11-2-3-12-4-5-14-8-10(12)7-11/h1,10H,2-8H2. The van der Waals surface area contributed by atoms with E-state index in [1.807, 2.05) is 11.8 Å². The van der Waals surface area contributed by atoms with Crippen molar-refractivity contribution in [3.05, 3.63) is 6.92 Å². The van der Waals surface area contributed by atoms with Crippen LogP contribution < -0.4 is 0 Å². The molecule has 2 saturated heterocycles. The minimum absolute atomic E-state index is 0.207. The molecule has 0 saturated carbocycles. The summed E-state index contributed by atoms with van der Waals surface area (Å²) < 4.78 is 0. The number of fused-ring (bicyclic) bond motifs is 1. The molecule has 0 spiro atoms. The SMILES string of the molecule is [CH]C(=O)CN1CCN2CCSCC2C1. The fourth-order valence-electron chi connectivity index (χ4n) is 2.17. The van der Waals surface area contributed by atoms with Crippen molar-refractivity contribution in [3.8, 4) is 0 Å². The van der Waals surface area contributed by atoms with Crippen LogP contribution in [0.1, 0.15) is 0 Å². The van der Waals surface area contributed by atoms with E-state index < -0.39 is 0 Å². The van der Waals surface area contributed by atoms with Gasteiger partial charge in [0, 0.05) is 50.7 Å². The third kappa shape index (κ3) is 2.49. The van der Waals surface area contributed by atoms with Gasteiger partial charge in [0.25, 0.3) is 0 Å². The Hall–Kier alpha value is -0.0600. The smallest absolute Gasteiger partial charge is 0.151 e. The Bertz CT molecular complexity index is 222. The summed E-state index contributed by atoms with van der Waals surface area (Å²) >= 11 is 2.02. The van der Waals surface area contributed by atoms with Crippen LogP contribution >= 0.6 is 11.8 Å². The molecule has 2 aliphatic heterocycles. The molecule has 0 amide bonds. The molecular formula is C10H16N2OS. The quantitative estimate of drug-likeness (QED) is 0.643. The minimum atomic E-state index is -0.207. The zero-order valence-corrected chi connectivity index (χ0v) is 9.13. The van der Waals surface area contributed by atoms with Gasteiger partial charge < -0.3 is 0 Å². The van der Waals surface area contributed by atoms with Crippen LogP contribution in [-0.4, -0.2) is 65.9 Å². The summed E-state index contributed by atoms with van der Waals surface area (Å²) in [4.78, 5) is 15.5. The van der Waals surface area contributed by atoms with Gasteiger partial charge in [-0.15, -0.1) is 0 Å². The molecule has 0 bridgehead atoms. The Morgan fingerprint density at radius 2 is 2.29 bits per heavy atom. The first kappa shape index (κ1) is 10.5. The lowest BCUT2D eigenvalue weighted by Crippen LogP contribution is -2.57. The van der Waals surface area contributed by atoms with E-state index in [0.29, 0.717) is 12.6 Å². The van der Waals surface area contributed by atoms with Crippen LogP contribution in [0, 0.1) is 6.92 Å². The van der Waals surface area contributed by atoms with Gasteiger partial charge in [0.05, 0.1) is 6.54 Å². The summed E-state index contributed by atoms with van der Waals surface area (Å²) in [5, 5.41) is 0. The average Bonchev–Trinajstić information content (AvgIpc) is 2.17. The van der Waals surface area contributed by atoms with Gasteiger partial charge in [-0.2, -0.15) is 11.8 Å². The number of piperazine rings is 1. The topological polar surface area (TPSA) is 23.6 Å². The summed E-state index contributed by atoms with van der Waals surface area (Å²) in [6.45, 7) is 9.92. The van der Waals surface area contributed by atoms with Crippen molar-refractivity contribution in [1.82, 2.24) is 9.80 Å². The summed E-state index contributed by atoms with van der Waals surface area (Å²) in [6.07, 6.45) is 0. The van der Waals surface area contributed by atoms with Gasteiger partial charge in [-0.25, -0.2) is 0 Å². The van der Waals surface area contributed by atoms with Gasteiger partial charge in [0.15, 0.2) is 5.78 Å². The Balaban J connectivity index is 1.86. The highest BCUT2D eigenvalue weighted by molar-refractivity contribution is 7.99. The predicted octanol–water partition coefficient (Wildman–Crippen LogP) is -0.000410. The van der Waals surface area contributed by atoms with Crippen LogP contribution in [0.5, 0.6) is 0 Å². The first-order valence-corrected chi connectivity index (χ1v) is 6.23. The van der Waals surface area contributed by atoms with Crippen molar-refractivity contribution < 1.29 is 4.79 Å². The molecule has 0 aliphatic carbocycles. The third-order valence-corrected chi connectivity index (χ3v) is 3.99. The molecule has 4 heteroatoms. The zero-order valence-electron chi connectivity index (χ0n) is 8.32. The zero-order chi connectivity index (χ0) is 9.97. The Morgan fingerprint density at radius 1 is 1.43 bits per heavy atom. The fraction of sp³-hybridized carbons (Fsp3) is 0.800. The molecule has 2 aliphatic rings. The second kappa shape index (κ2) is 4.64. The maximum Gasteiger partial charge on any atom is 0.151 e. The van der Waals surface area contributed by atoms with Crippen LogP contribution in [0.2, 0.25) is 0 Å². The van der Waals surface area contributed by atoms with Crippen LogP contribution in [0.4, 0.5) is 0 Å². The molecule has 78 valence electrons. The van der Waals surface area contributed by atoms with Crippen molar-refractivity contribution in [2.45, 2.75) is 6.04 Å². The molecular weight excluding hydrogens is 196 g/mol. The summed E-state index contributed by atoms with van der Waals surface area (Å²) in [7, 11) is 0. The average molecular weight is 212 g/mol. The number of nitrogens with zero attached hydrogens (tertiary/aromatic N) is 2. The van der Waals surface area contributed by atoms with Gasteiger partial charge in [-0.05, 0) is 0 Å². The third-order valence-electron chi connectivity index (χ3n) is 2.90. The van der Waals surface area contributed by atoms with Gasteiger partial charge in [0.1, 0.15) is 0 Å². The summed E-state index contributed by atoms with van der Waals surface area (Å²) in [5.74, 6) is 2.25. The van der Waals surface area contributed by atoms with E-state index in [9.17, 15) is 4.79 Å². The fourth-order valence-corrected chi connectivity index (χ4v) is 3.29. The van der Waals surface area contributed by atoms with Crippen LogP contribution in [0.15, 0.2) is 0 Å². The number of hydrogen-bond donors (Lipinski definition) is 0. The van der Waals surface area contributed by atoms with Crippen molar-refractivity contribution in [3.63, 3.8) is 0 Å². The number of rotatable bonds is 2. The maximum absolute atomic E-state index is 10.8. The highest BCUT2D eigenvalue weighted by atomic mass is 32.2. The van der Waals surface area contributed by atoms with Gasteiger partial charge in [0.2, 0.25) is 0 Å². The van der Waals surface area contributed by atoms with Gasteiger partial charge in [-0.1, -0.05) is 0 Å². The molecule has 0 aromatic rings. The van der Waals surface area contributed by atoms with E-state index in [4.69, 9.17) is 6.92 Å². The Kier molecular flexibility index (Phi) is 3.47. The van der Waals surface area contributed by atoms with Crippen molar-refractivity contribution in [2.75, 3.05) is 44.2 Å². The Morgan fingerprint density at radius 3 is 3.07 bits per heavy atom. The number of hydrogen-bond acceptors (Lipinski definition) is 4. The predicted molar refractivity (Wildman–Crippen MR) is 58.4 cm³/mol. The van der Waals surface area contributed by atoms with Crippen LogP contribution in [0.25, 0.3) is 0 Å².